The molecule has 0 spiro atoms. The van der Waals surface area contributed by atoms with Crippen LogP contribution in [-0.4, -0.2) is 22.6 Å². The molecule has 0 fully saturated rings. The van der Waals surface area contributed by atoms with Gasteiger partial charge in [-0.2, -0.15) is 0 Å². The van der Waals surface area contributed by atoms with Gasteiger partial charge in [0, 0.05) is 22.1 Å². The molecule has 0 radical (unpaired) electrons. The van der Waals surface area contributed by atoms with Crippen molar-refractivity contribution in [3.8, 4) is 22.8 Å². The number of aromatic nitrogens is 2. The van der Waals surface area contributed by atoms with E-state index in [1.807, 2.05) is 41.0 Å². The fraction of sp³-hybridized carbons (Fsp3) is 0.111. The van der Waals surface area contributed by atoms with Crippen molar-refractivity contribution in [1.29, 1.82) is 0 Å². The third-order valence-electron chi connectivity index (χ3n) is 3.64. The fourth-order valence-corrected chi connectivity index (χ4v) is 2.65. The summed E-state index contributed by atoms with van der Waals surface area (Å²) in [5, 5.41) is 3.05. The van der Waals surface area contributed by atoms with Crippen LogP contribution in [0.5, 0.6) is 5.75 Å². The standard InChI is InChI=1S/C18H14ClN3O3/c1-25-16-5-3-2-4-15(16)18-20-13(10-17(23)21-24)11-22(18)14-8-6-12(19)7-9-14/h2-9,11H,10H2,1H3. The summed E-state index contributed by atoms with van der Waals surface area (Å²) < 4.78 is 7.23. The van der Waals surface area contributed by atoms with Crippen LogP contribution in [0.1, 0.15) is 5.69 Å². The highest BCUT2D eigenvalue weighted by Crippen LogP contribution is 2.31. The molecule has 0 bridgehead atoms. The molecule has 7 heteroatoms. The van der Waals surface area contributed by atoms with E-state index in [-0.39, 0.29) is 6.42 Å². The molecule has 0 N–H and O–H groups in total. The number of halogens is 1. The lowest BCUT2D eigenvalue weighted by Gasteiger charge is -2.11. The number of hydrogen-bond acceptors (Lipinski definition) is 4. The summed E-state index contributed by atoms with van der Waals surface area (Å²) in [6.45, 7) is 0. The molecule has 0 aliphatic heterocycles. The van der Waals surface area contributed by atoms with E-state index in [0.717, 1.165) is 11.3 Å². The van der Waals surface area contributed by atoms with Gasteiger partial charge >= 0.3 is 0 Å². The highest BCUT2D eigenvalue weighted by atomic mass is 35.5. The van der Waals surface area contributed by atoms with Crippen LogP contribution in [-0.2, 0) is 11.2 Å². The van der Waals surface area contributed by atoms with E-state index in [1.165, 1.54) is 0 Å². The van der Waals surface area contributed by atoms with Gasteiger partial charge in [0.05, 0.1) is 24.8 Å². The van der Waals surface area contributed by atoms with Gasteiger partial charge in [-0.1, -0.05) is 23.7 Å². The molecule has 126 valence electrons. The minimum Gasteiger partial charge on any atom is -0.496 e. The molecule has 0 aliphatic carbocycles. The molecule has 3 aromatic rings. The third kappa shape index (κ3) is 3.59. The van der Waals surface area contributed by atoms with Crippen molar-refractivity contribution in [2.45, 2.75) is 6.42 Å². The van der Waals surface area contributed by atoms with Gasteiger partial charge in [-0.25, -0.2) is 4.98 Å². The quantitative estimate of drug-likeness (QED) is 0.647. The number of imidazole rings is 1. The second kappa shape index (κ2) is 7.27. The monoisotopic (exact) mass is 355 g/mol. The average molecular weight is 356 g/mol. The lowest BCUT2D eigenvalue weighted by Crippen LogP contribution is -1.97. The number of carbonyl (C=O) groups excluding carboxylic acids is 1. The van der Waals surface area contributed by atoms with Gasteiger partial charge in [0.15, 0.2) is 0 Å². The molecule has 0 unspecified atom stereocenters. The summed E-state index contributed by atoms with van der Waals surface area (Å²) >= 11 is 5.96. The maximum absolute atomic E-state index is 11.4. The van der Waals surface area contributed by atoms with Crippen molar-refractivity contribution in [2.24, 2.45) is 5.18 Å². The maximum atomic E-state index is 11.4. The smallest absolute Gasteiger partial charge is 0.292 e. The first kappa shape index (κ1) is 16.9. The number of amides is 1. The first-order valence-electron chi connectivity index (χ1n) is 7.46. The summed E-state index contributed by atoms with van der Waals surface area (Å²) in [5.41, 5.74) is 2.02. The molecular weight excluding hydrogens is 342 g/mol. The topological polar surface area (TPSA) is 73.6 Å². The van der Waals surface area contributed by atoms with E-state index < -0.39 is 5.91 Å². The number of benzene rings is 2. The third-order valence-corrected chi connectivity index (χ3v) is 3.89. The number of methoxy groups -OCH3 is 1. The van der Waals surface area contributed by atoms with Crippen molar-refractivity contribution in [3.63, 3.8) is 0 Å². The number of hydrogen-bond donors (Lipinski definition) is 0. The van der Waals surface area contributed by atoms with Crippen molar-refractivity contribution in [3.05, 3.63) is 70.4 Å². The molecule has 3 rings (SSSR count). The van der Waals surface area contributed by atoms with E-state index in [9.17, 15) is 9.70 Å². The summed E-state index contributed by atoms with van der Waals surface area (Å²) in [4.78, 5) is 26.3. The molecule has 0 aliphatic rings. The Morgan fingerprint density at radius 2 is 1.92 bits per heavy atom. The molecular formula is C18H14ClN3O3. The SMILES string of the molecule is COc1ccccc1-c1nc(CC(=O)N=O)cn1-c1ccc(Cl)cc1. The summed E-state index contributed by atoms with van der Waals surface area (Å²) in [6, 6.07) is 14.6. The van der Waals surface area contributed by atoms with Crippen molar-refractivity contribution < 1.29 is 9.53 Å². The van der Waals surface area contributed by atoms with E-state index >= 15 is 0 Å². The fourth-order valence-electron chi connectivity index (χ4n) is 2.52. The Hall–Kier alpha value is -2.99. The van der Waals surface area contributed by atoms with E-state index in [1.54, 1.807) is 25.4 Å². The lowest BCUT2D eigenvalue weighted by atomic mass is 10.2. The molecule has 0 atom stereocenters. The van der Waals surface area contributed by atoms with Gasteiger partial charge in [-0.3, -0.25) is 9.36 Å². The Morgan fingerprint density at radius 3 is 2.60 bits per heavy atom. The van der Waals surface area contributed by atoms with Crippen LogP contribution in [0.3, 0.4) is 0 Å². The summed E-state index contributed by atoms with van der Waals surface area (Å²) in [7, 11) is 1.58. The summed E-state index contributed by atoms with van der Waals surface area (Å²) in [6.07, 6.45) is 1.54. The molecule has 2 aromatic carbocycles. The van der Waals surface area contributed by atoms with E-state index in [2.05, 4.69) is 10.2 Å². The van der Waals surface area contributed by atoms with E-state index in [4.69, 9.17) is 16.3 Å². The number of nitrogens with zero attached hydrogens (tertiary/aromatic N) is 3. The van der Waals surface area contributed by atoms with Crippen molar-refractivity contribution >= 4 is 17.5 Å². The second-order valence-electron chi connectivity index (χ2n) is 5.26. The molecule has 1 amide bonds. The normalized spacial score (nSPS) is 10.5. The number of carbonyl (C=O) groups is 1. The van der Waals surface area contributed by atoms with Crippen LogP contribution in [0.15, 0.2) is 59.9 Å². The molecule has 0 saturated carbocycles. The average Bonchev–Trinajstić information content (AvgIpc) is 3.05. The first-order valence-corrected chi connectivity index (χ1v) is 7.84. The Bertz CT molecular complexity index is 920. The highest BCUT2D eigenvalue weighted by Gasteiger charge is 2.17. The number of ether oxygens (including phenoxy) is 1. The van der Waals surface area contributed by atoms with Gasteiger partial charge in [0.25, 0.3) is 5.91 Å². The zero-order chi connectivity index (χ0) is 17.8. The number of nitroso groups, excluding NO2 is 1. The van der Waals surface area contributed by atoms with Crippen LogP contribution in [0, 0.1) is 4.91 Å². The predicted octanol–water partition coefficient (Wildman–Crippen LogP) is 4.04. The van der Waals surface area contributed by atoms with Crippen LogP contribution in [0.2, 0.25) is 5.02 Å². The minimum absolute atomic E-state index is 0.160. The number of rotatable bonds is 5. The first-order chi connectivity index (χ1) is 12.1. The predicted molar refractivity (Wildman–Crippen MR) is 95.1 cm³/mol. The zero-order valence-corrected chi connectivity index (χ0v) is 14.1. The zero-order valence-electron chi connectivity index (χ0n) is 13.3. The Balaban J connectivity index is 2.16. The van der Waals surface area contributed by atoms with Gasteiger partial charge in [0.2, 0.25) is 0 Å². The molecule has 1 aromatic heterocycles. The van der Waals surface area contributed by atoms with Gasteiger partial charge < -0.3 is 4.74 Å². The molecule has 1 heterocycles. The van der Waals surface area contributed by atoms with Crippen LogP contribution in [0.4, 0.5) is 0 Å². The number of para-hydroxylation sites is 1. The molecule has 0 saturated heterocycles. The van der Waals surface area contributed by atoms with Gasteiger partial charge in [-0.15, -0.1) is 4.91 Å². The Labute approximate surface area is 149 Å². The van der Waals surface area contributed by atoms with Gasteiger partial charge in [0.1, 0.15) is 11.6 Å². The lowest BCUT2D eigenvalue weighted by molar-refractivity contribution is -0.117. The second-order valence-corrected chi connectivity index (χ2v) is 5.70. The Morgan fingerprint density at radius 1 is 1.20 bits per heavy atom. The minimum atomic E-state index is -0.771. The van der Waals surface area contributed by atoms with Crippen molar-refractivity contribution in [1.82, 2.24) is 9.55 Å². The van der Waals surface area contributed by atoms with Crippen LogP contribution < -0.4 is 4.74 Å². The van der Waals surface area contributed by atoms with Crippen LogP contribution >= 0.6 is 11.6 Å². The highest BCUT2D eigenvalue weighted by molar-refractivity contribution is 6.30. The largest absolute Gasteiger partial charge is 0.496 e. The van der Waals surface area contributed by atoms with Gasteiger partial charge in [-0.05, 0) is 36.4 Å². The summed E-state index contributed by atoms with van der Waals surface area (Å²) in [5.74, 6) is 0.468. The Kier molecular flexibility index (Phi) is 4.90. The molecule has 6 nitrogen and oxygen atoms in total. The maximum Gasteiger partial charge on any atom is 0.292 e. The van der Waals surface area contributed by atoms with Crippen molar-refractivity contribution in [2.75, 3.05) is 7.11 Å². The van der Waals surface area contributed by atoms with Crippen LogP contribution in [0.25, 0.3) is 17.1 Å². The molecule has 25 heavy (non-hydrogen) atoms. The van der Waals surface area contributed by atoms with E-state index in [0.29, 0.717) is 22.3 Å².